The predicted molar refractivity (Wildman–Crippen MR) is 92.5 cm³/mol. The summed E-state index contributed by atoms with van der Waals surface area (Å²) >= 11 is 5.39. The van der Waals surface area contributed by atoms with E-state index in [-0.39, 0.29) is 6.04 Å². The first-order valence-electron chi connectivity index (χ1n) is 7.16. The summed E-state index contributed by atoms with van der Waals surface area (Å²) in [5, 5.41) is 7.09. The summed E-state index contributed by atoms with van der Waals surface area (Å²) < 4.78 is 0. The molecule has 0 amide bonds. The van der Waals surface area contributed by atoms with Gasteiger partial charge < -0.3 is 10.6 Å². The number of aromatic nitrogens is 1. The highest BCUT2D eigenvalue weighted by Crippen LogP contribution is 2.17. The van der Waals surface area contributed by atoms with Crippen molar-refractivity contribution in [3.05, 3.63) is 59.3 Å². The molecule has 0 saturated heterocycles. The van der Waals surface area contributed by atoms with Crippen LogP contribution < -0.4 is 10.6 Å². The molecular weight excluding hydrogens is 278 g/mol. The molecule has 2 rings (SSSR count). The third-order valence-electron chi connectivity index (χ3n) is 3.32. The van der Waals surface area contributed by atoms with Gasteiger partial charge in [-0.05, 0) is 50.2 Å². The molecule has 110 valence electrons. The van der Waals surface area contributed by atoms with Crippen molar-refractivity contribution in [1.82, 2.24) is 10.3 Å². The zero-order valence-electron chi connectivity index (χ0n) is 12.7. The average Bonchev–Trinajstić information content (AvgIpc) is 2.46. The van der Waals surface area contributed by atoms with Crippen LogP contribution in [0.25, 0.3) is 0 Å². The Bertz CT molecular complexity index is 608. The highest BCUT2D eigenvalue weighted by molar-refractivity contribution is 7.80. The molecule has 0 bridgehead atoms. The zero-order valence-corrected chi connectivity index (χ0v) is 13.5. The molecule has 0 radical (unpaired) electrons. The predicted octanol–water partition coefficient (Wildman–Crippen LogP) is 4.14. The van der Waals surface area contributed by atoms with Crippen molar-refractivity contribution in [2.24, 2.45) is 0 Å². The van der Waals surface area contributed by atoms with Crippen LogP contribution in [0.2, 0.25) is 0 Å². The van der Waals surface area contributed by atoms with E-state index in [1.165, 1.54) is 11.1 Å². The van der Waals surface area contributed by atoms with E-state index in [0.29, 0.717) is 5.11 Å². The fourth-order valence-electron chi connectivity index (χ4n) is 2.14. The molecule has 0 aliphatic rings. The number of hydrogen-bond donors (Lipinski definition) is 2. The lowest BCUT2D eigenvalue weighted by atomic mass is 10.0. The Morgan fingerprint density at radius 2 is 1.86 bits per heavy atom. The second-order valence-electron chi connectivity index (χ2n) is 5.13. The molecule has 0 fully saturated rings. The Hall–Kier alpha value is -1.94. The topological polar surface area (TPSA) is 37.0 Å². The van der Waals surface area contributed by atoms with Crippen molar-refractivity contribution in [3.63, 3.8) is 0 Å². The van der Waals surface area contributed by atoms with E-state index in [9.17, 15) is 0 Å². The Morgan fingerprint density at radius 3 is 2.48 bits per heavy atom. The molecule has 4 heteroatoms. The van der Waals surface area contributed by atoms with Gasteiger partial charge in [0.1, 0.15) is 5.82 Å². The van der Waals surface area contributed by atoms with E-state index in [0.717, 1.165) is 17.9 Å². The summed E-state index contributed by atoms with van der Waals surface area (Å²) in [6.45, 7) is 6.20. The first kappa shape index (κ1) is 15.4. The standard InChI is InChI=1S/C17H21N3S/c1-4-15(14-10-8-12(2)9-11-14)19-17(21)20-16-7-5-6-13(3)18-16/h5-11,15H,4H2,1-3H3,(H2,18,19,20,21)/t15-/m0/s1. The van der Waals surface area contributed by atoms with Gasteiger partial charge in [-0.2, -0.15) is 0 Å². The second-order valence-corrected chi connectivity index (χ2v) is 5.54. The van der Waals surface area contributed by atoms with Crippen LogP contribution in [-0.4, -0.2) is 10.1 Å². The van der Waals surface area contributed by atoms with Crippen LogP contribution in [0.5, 0.6) is 0 Å². The van der Waals surface area contributed by atoms with E-state index in [2.05, 4.69) is 53.7 Å². The van der Waals surface area contributed by atoms with Crippen LogP contribution in [-0.2, 0) is 0 Å². The first-order chi connectivity index (χ1) is 10.1. The zero-order chi connectivity index (χ0) is 15.2. The van der Waals surface area contributed by atoms with Gasteiger partial charge in [-0.25, -0.2) is 4.98 Å². The van der Waals surface area contributed by atoms with Crippen molar-refractivity contribution in [2.45, 2.75) is 33.2 Å². The number of anilines is 1. The fourth-order valence-corrected chi connectivity index (χ4v) is 2.39. The van der Waals surface area contributed by atoms with Gasteiger partial charge in [0.05, 0.1) is 6.04 Å². The average molecular weight is 299 g/mol. The molecule has 0 spiro atoms. The molecule has 0 aliphatic heterocycles. The minimum Gasteiger partial charge on any atom is -0.356 e. The van der Waals surface area contributed by atoms with Crippen molar-refractivity contribution in [2.75, 3.05) is 5.32 Å². The molecule has 0 saturated carbocycles. The summed E-state index contributed by atoms with van der Waals surface area (Å²) in [6, 6.07) is 14.6. The quantitative estimate of drug-likeness (QED) is 0.832. The summed E-state index contributed by atoms with van der Waals surface area (Å²) in [7, 11) is 0. The molecule has 1 heterocycles. The Labute approximate surface area is 131 Å². The number of hydrogen-bond acceptors (Lipinski definition) is 2. The van der Waals surface area contributed by atoms with Crippen LogP contribution >= 0.6 is 12.2 Å². The van der Waals surface area contributed by atoms with Gasteiger partial charge in [0, 0.05) is 5.69 Å². The second kappa shape index (κ2) is 7.18. The van der Waals surface area contributed by atoms with Crippen LogP contribution in [0.3, 0.4) is 0 Å². The van der Waals surface area contributed by atoms with Crippen LogP contribution in [0.15, 0.2) is 42.5 Å². The molecule has 1 aromatic carbocycles. The van der Waals surface area contributed by atoms with Crippen LogP contribution in [0, 0.1) is 13.8 Å². The molecule has 2 N–H and O–H groups in total. The number of thiocarbonyl (C=S) groups is 1. The molecule has 3 nitrogen and oxygen atoms in total. The third-order valence-corrected chi connectivity index (χ3v) is 3.54. The van der Waals surface area contributed by atoms with Crippen LogP contribution in [0.1, 0.15) is 36.2 Å². The van der Waals surface area contributed by atoms with Gasteiger partial charge in [-0.15, -0.1) is 0 Å². The van der Waals surface area contributed by atoms with Crippen LogP contribution in [0.4, 0.5) is 5.82 Å². The first-order valence-corrected chi connectivity index (χ1v) is 7.57. The maximum absolute atomic E-state index is 5.39. The summed E-state index contributed by atoms with van der Waals surface area (Å²) in [5.74, 6) is 0.770. The normalized spacial score (nSPS) is 11.8. The van der Waals surface area contributed by atoms with E-state index in [1.54, 1.807) is 0 Å². The number of pyridine rings is 1. The van der Waals surface area contributed by atoms with Gasteiger partial charge in [0.15, 0.2) is 5.11 Å². The monoisotopic (exact) mass is 299 g/mol. The van der Waals surface area contributed by atoms with Gasteiger partial charge in [-0.1, -0.05) is 42.8 Å². The molecule has 0 unspecified atom stereocenters. The largest absolute Gasteiger partial charge is 0.356 e. The molecule has 2 aromatic rings. The summed E-state index contributed by atoms with van der Waals surface area (Å²) in [5.41, 5.74) is 3.47. The van der Waals surface area contributed by atoms with Crippen molar-refractivity contribution < 1.29 is 0 Å². The lowest BCUT2D eigenvalue weighted by molar-refractivity contribution is 0.629. The third kappa shape index (κ3) is 4.53. The maximum Gasteiger partial charge on any atom is 0.172 e. The van der Waals surface area contributed by atoms with E-state index in [4.69, 9.17) is 12.2 Å². The van der Waals surface area contributed by atoms with Crippen molar-refractivity contribution in [3.8, 4) is 0 Å². The Kier molecular flexibility index (Phi) is 5.28. The number of nitrogens with one attached hydrogen (secondary N) is 2. The van der Waals surface area contributed by atoms with E-state index < -0.39 is 0 Å². The molecule has 1 atom stereocenters. The van der Waals surface area contributed by atoms with Crippen molar-refractivity contribution >= 4 is 23.1 Å². The molecule has 21 heavy (non-hydrogen) atoms. The van der Waals surface area contributed by atoms with Gasteiger partial charge >= 0.3 is 0 Å². The molecular formula is C17H21N3S. The summed E-state index contributed by atoms with van der Waals surface area (Å²) in [4.78, 5) is 4.39. The Balaban J connectivity index is 2.01. The van der Waals surface area contributed by atoms with E-state index >= 15 is 0 Å². The number of benzene rings is 1. The van der Waals surface area contributed by atoms with E-state index in [1.807, 2.05) is 25.1 Å². The Morgan fingerprint density at radius 1 is 1.14 bits per heavy atom. The number of rotatable bonds is 4. The highest BCUT2D eigenvalue weighted by Gasteiger charge is 2.10. The minimum absolute atomic E-state index is 0.204. The highest BCUT2D eigenvalue weighted by atomic mass is 32.1. The maximum atomic E-state index is 5.39. The number of aryl methyl sites for hydroxylation is 2. The van der Waals surface area contributed by atoms with Gasteiger partial charge in [0.2, 0.25) is 0 Å². The SMILES string of the molecule is CC[C@H](NC(=S)Nc1cccc(C)n1)c1ccc(C)cc1. The molecule has 0 aliphatic carbocycles. The van der Waals surface area contributed by atoms with Crippen molar-refractivity contribution in [1.29, 1.82) is 0 Å². The lowest BCUT2D eigenvalue weighted by Gasteiger charge is -2.20. The fraction of sp³-hybridized carbons (Fsp3) is 0.294. The lowest BCUT2D eigenvalue weighted by Crippen LogP contribution is -2.32. The van der Waals surface area contributed by atoms with Gasteiger partial charge in [0.25, 0.3) is 0 Å². The minimum atomic E-state index is 0.204. The molecule has 1 aromatic heterocycles. The van der Waals surface area contributed by atoms with Gasteiger partial charge in [-0.3, -0.25) is 0 Å². The summed E-state index contributed by atoms with van der Waals surface area (Å²) in [6.07, 6.45) is 0.964. The smallest absolute Gasteiger partial charge is 0.172 e. The number of nitrogens with zero attached hydrogens (tertiary/aromatic N) is 1.